The molecule has 3 aromatic rings. The number of aromatic nitrogens is 3. The number of benzene rings is 1. The maximum absolute atomic E-state index is 12.5. The Morgan fingerprint density at radius 2 is 1.92 bits per heavy atom. The van der Waals surface area contributed by atoms with Gasteiger partial charge < -0.3 is 5.32 Å². The average molecular weight is 321 g/mol. The molecule has 122 valence electrons. The van der Waals surface area contributed by atoms with Gasteiger partial charge in [-0.25, -0.2) is 4.79 Å². The Morgan fingerprint density at radius 3 is 2.67 bits per heavy atom. The quantitative estimate of drug-likeness (QED) is 0.775. The molecule has 0 radical (unpaired) electrons. The molecule has 4 rings (SSSR count). The minimum absolute atomic E-state index is 0.0142. The highest BCUT2D eigenvalue weighted by atomic mass is 16.2. The molecule has 1 aromatic carbocycles. The molecule has 0 saturated heterocycles. The minimum atomic E-state index is -0.263. The highest BCUT2D eigenvalue weighted by Gasteiger charge is 2.41. The van der Waals surface area contributed by atoms with E-state index in [1.54, 1.807) is 4.40 Å². The number of nitrogens with one attached hydrogen (secondary N) is 2. The zero-order chi connectivity index (χ0) is 16.5. The fourth-order valence-electron chi connectivity index (χ4n) is 3.12. The lowest BCUT2D eigenvalue weighted by Gasteiger charge is -2.19. The van der Waals surface area contributed by atoms with Crippen LogP contribution in [0.2, 0.25) is 0 Å². The summed E-state index contributed by atoms with van der Waals surface area (Å²) in [7, 11) is 0. The number of urea groups is 1. The van der Waals surface area contributed by atoms with Gasteiger partial charge in [0.1, 0.15) is 0 Å². The molecule has 1 fully saturated rings. The van der Waals surface area contributed by atoms with Gasteiger partial charge in [0.05, 0.1) is 6.04 Å². The van der Waals surface area contributed by atoms with Crippen LogP contribution in [0.5, 0.6) is 0 Å². The summed E-state index contributed by atoms with van der Waals surface area (Å²) in [6.07, 6.45) is 2.95. The first-order chi connectivity index (χ1) is 11.7. The van der Waals surface area contributed by atoms with Crippen molar-refractivity contribution in [2.45, 2.75) is 19.4 Å². The van der Waals surface area contributed by atoms with E-state index in [-0.39, 0.29) is 12.1 Å². The normalized spacial score (nSPS) is 20.5. The third-order valence-corrected chi connectivity index (χ3v) is 4.58. The predicted molar refractivity (Wildman–Crippen MR) is 91.6 cm³/mol. The number of hydrogen-bond donors (Lipinski definition) is 2. The van der Waals surface area contributed by atoms with Crippen LogP contribution in [-0.2, 0) is 0 Å². The van der Waals surface area contributed by atoms with Gasteiger partial charge in [-0.05, 0) is 36.0 Å². The van der Waals surface area contributed by atoms with Crippen molar-refractivity contribution in [3.63, 3.8) is 0 Å². The first kappa shape index (κ1) is 14.7. The Morgan fingerprint density at radius 1 is 1.17 bits per heavy atom. The van der Waals surface area contributed by atoms with Crippen LogP contribution in [0.1, 0.15) is 24.9 Å². The Hall–Kier alpha value is -2.89. The van der Waals surface area contributed by atoms with Crippen LogP contribution in [-0.4, -0.2) is 20.6 Å². The highest BCUT2D eigenvalue weighted by molar-refractivity contribution is 5.88. The SMILES string of the molecule is CC1CC1C(NC(=O)Nc1nnc2ccccn12)c1ccccc1. The van der Waals surface area contributed by atoms with E-state index >= 15 is 0 Å². The fourth-order valence-corrected chi connectivity index (χ4v) is 3.12. The van der Waals surface area contributed by atoms with Gasteiger partial charge in [0.15, 0.2) is 5.65 Å². The summed E-state index contributed by atoms with van der Waals surface area (Å²) < 4.78 is 1.75. The van der Waals surface area contributed by atoms with Crippen molar-refractivity contribution in [3.05, 3.63) is 60.3 Å². The van der Waals surface area contributed by atoms with Crippen molar-refractivity contribution in [3.8, 4) is 0 Å². The molecular weight excluding hydrogens is 302 g/mol. The first-order valence-corrected chi connectivity index (χ1v) is 8.14. The Kier molecular flexibility index (Phi) is 3.65. The van der Waals surface area contributed by atoms with Crippen molar-refractivity contribution in [2.24, 2.45) is 11.8 Å². The molecule has 2 N–H and O–H groups in total. The van der Waals surface area contributed by atoms with Crippen molar-refractivity contribution in [1.82, 2.24) is 19.9 Å². The van der Waals surface area contributed by atoms with E-state index in [0.29, 0.717) is 23.4 Å². The third kappa shape index (κ3) is 2.82. The molecule has 1 aliphatic carbocycles. The predicted octanol–water partition coefficient (Wildman–Crippen LogP) is 3.25. The Balaban J connectivity index is 1.51. The summed E-state index contributed by atoms with van der Waals surface area (Å²) in [6, 6.07) is 15.5. The van der Waals surface area contributed by atoms with Crippen LogP contribution < -0.4 is 10.6 Å². The summed E-state index contributed by atoms with van der Waals surface area (Å²) in [5.74, 6) is 1.52. The van der Waals surface area contributed by atoms with Crippen molar-refractivity contribution in [2.75, 3.05) is 5.32 Å². The van der Waals surface area contributed by atoms with E-state index in [0.717, 1.165) is 12.0 Å². The van der Waals surface area contributed by atoms with Crippen LogP contribution in [0.25, 0.3) is 5.65 Å². The number of carbonyl (C=O) groups is 1. The lowest BCUT2D eigenvalue weighted by atomic mass is 10.0. The first-order valence-electron chi connectivity index (χ1n) is 8.14. The summed E-state index contributed by atoms with van der Waals surface area (Å²) in [6.45, 7) is 2.21. The van der Waals surface area contributed by atoms with E-state index in [2.05, 4.69) is 39.9 Å². The smallest absolute Gasteiger partial charge is 0.322 e. The molecule has 0 bridgehead atoms. The number of hydrogen-bond acceptors (Lipinski definition) is 3. The standard InChI is InChI=1S/C18H19N5O/c1-12-11-14(12)16(13-7-3-2-4-8-13)19-18(24)20-17-22-21-15-9-5-6-10-23(15)17/h2-10,12,14,16H,11H2,1H3,(H2,19,20,22,24). The lowest BCUT2D eigenvalue weighted by molar-refractivity contribution is 0.246. The van der Waals surface area contributed by atoms with Gasteiger partial charge in [-0.15, -0.1) is 10.2 Å². The minimum Gasteiger partial charge on any atom is -0.331 e. The largest absolute Gasteiger partial charge is 0.331 e. The lowest BCUT2D eigenvalue weighted by Crippen LogP contribution is -2.34. The maximum Gasteiger partial charge on any atom is 0.322 e. The van der Waals surface area contributed by atoms with E-state index in [4.69, 9.17) is 0 Å². The second-order valence-electron chi connectivity index (χ2n) is 6.32. The second kappa shape index (κ2) is 5.96. The topological polar surface area (TPSA) is 71.3 Å². The van der Waals surface area contributed by atoms with Gasteiger partial charge in [-0.3, -0.25) is 9.72 Å². The number of pyridine rings is 1. The third-order valence-electron chi connectivity index (χ3n) is 4.58. The maximum atomic E-state index is 12.5. The summed E-state index contributed by atoms with van der Waals surface area (Å²) in [5, 5.41) is 14.0. The number of rotatable bonds is 4. The van der Waals surface area contributed by atoms with Gasteiger partial charge in [-0.2, -0.15) is 0 Å². The van der Waals surface area contributed by atoms with Crippen LogP contribution in [0.3, 0.4) is 0 Å². The molecule has 2 aromatic heterocycles. The number of nitrogens with zero attached hydrogens (tertiary/aromatic N) is 3. The summed E-state index contributed by atoms with van der Waals surface area (Å²) in [4.78, 5) is 12.5. The molecule has 24 heavy (non-hydrogen) atoms. The number of fused-ring (bicyclic) bond motifs is 1. The molecule has 6 heteroatoms. The number of anilines is 1. The highest BCUT2D eigenvalue weighted by Crippen LogP contribution is 2.46. The monoisotopic (exact) mass is 321 g/mol. The molecule has 1 saturated carbocycles. The molecule has 3 atom stereocenters. The van der Waals surface area contributed by atoms with Gasteiger partial charge in [0.2, 0.25) is 5.95 Å². The number of amides is 2. The zero-order valence-corrected chi connectivity index (χ0v) is 13.4. The van der Waals surface area contributed by atoms with Crippen molar-refractivity contribution >= 4 is 17.6 Å². The summed E-state index contributed by atoms with van der Waals surface area (Å²) in [5.41, 5.74) is 1.83. The van der Waals surface area contributed by atoms with E-state index in [9.17, 15) is 4.79 Å². The van der Waals surface area contributed by atoms with E-state index in [1.165, 1.54) is 0 Å². The molecule has 2 heterocycles. The molecule has 6 nitrogen and oxygen atoms in total. The van der Waals surface area contributed by atoms with Gasteiger partial charge in [-0.1, -0.05) is 43.3 Å². The van der Waals surface area contributed by atoms with Crippen LogP contribution in [0.15, 0.2) is 54.7 Å². The molecular formula is C18H19N5O. The molecule has 2 amide bonds. The Bertz CT molecular complexity index is 860. The summed E-state index contributed by atoms with van der Waals surface area (Å²) >= 11 is 0. The van der Waals surface area contributed by atoms with Gasteiger partial charge in [0.25, 0.3) is 0 Å². The molecule has 3 unspecified atom stereocenters. The fraction of sp³-hybridized carbons (Fsp3) is 0.278. The van der Waals surface area contributed by atoms with Crippen LogP contribution in [0.4, 0.5) is 10.7 Å². The zero-order valence-electron chi connectivity index (χ0n) is 13.4. The van der Waals surface area contributed by atoms with E-state index in [1.807, 2.05) is 42.6 Å². The van der Waals surface area contributed by atoms with Crippen LogP contribution in [0, 0.1) is 11.8 Å². The van der Waals surface area contributed by atoms with Crippen molar-refractivity contribution < 1.29 is 4.79 Å². The molecule has 1 aliphatic rings. The van der Waals surface area contributed by atoms with Gasteiger partial charge >= 0.3 is 6.03 Å². The second-order valence-corrected chi connectivity index (χ2v) is 6.32. The van der Waals surface area contributed by atoms with Crippen molar-refractivity contribution in [1.29, 1.82) is 0 Å². The average Bonchev–Trinajstić information content (AvgIpc) is 3.20. The molecule has 0 spiro atoms. The number of carbonyl (C=O) groups excluding carboxylic acids is 1. The van der Waals surface area contributed by atoms with Crippen LogP contribution >= 0.6 is 0 Å². The van der Waals surface area contributed by atoms with Gasteiger partial charge in [0, 0.05) is 6.20 Å². The Labute approximate surface area is 139 Å². The van der Waals surface area contributed by atoms with E-state index < -0.39 is 0 Å². The molecule has 0 aliphatic heterocycles.